The van der Waals surface area contributed by atoms with Gasteiger partial charge in [0.15, 0.2) is 5.82 Å². The number of nitrogens with zero attached hydrogens (tertiary/aromatic N) is 6. The first-order valence-electron chi connectivity index (χ1n) is 10.8. The second-order valence-corrected chi connectivity index (χ2v) is 9.85. The molecule has 0 amide bonds. The van der Waals surface area contributed by atoms with E-state index < -0.39 is 0 Å². The lowest BCUT2D eigenvalue weighted by Gasteiger charge is -2.41. The van der Waals surface area contributed by atoms with Crippen LogP contribution in [0.3, 0.4) is 0 Å². The first kappa shape index (κ1) is 19.8. The van der Waals surface area contributed by atoms with Crippen LogP contribution in [0.1, 0.15) is 30.1 Å². The summed E-state index contributed by atoms with van der Waals surface area (Å²) in [6.07, 6.45) is 10.9. The predicted octanol–water partition coefficient (Wildman–Crippen LogP) is 3.82. The Balaban J connectivity index is 1.14. The molecule has 2 aliphatic heterocycles. The largest absolute Gasteiger partial charge is 0.355 e. The van der Waals surface area contributed by atoms with E-state index in [0.29, 0.717) is 12.2 Å². The lowest BCUT2D eigenvalue weighted by molar-refractivity contribution is 0.169. The summed E-state index contributed by atoms with van der Waals surface area (Å²) in [6.45, 7) is 4.47. The molecule has 9 heteroatoms. The number of anilines is 1. The molecule has 4 aromatic rings. The van der Waals surface area contributed by atoms with Crippen LogP contribution in [0.2, 0.25) is 0 Å². The molecule has 1 saturated heterocycles. The minimum atomic E-state index is -0.307. The van der Waals surface area contributed by atoms with Crippen LogP contribution in [-0.4, -0.2) is 37.2 Å². The van der Waals surface area contributed by atoms with Crippen LogP contribution in [-0.2, 0) is 6.54 Å². The van der Waals surface area contributed by atoms with E-state index in [1.807, 2.05) is 12.4 Å². The lowest BCUT2D eigenvalue weighted by Crippen LogP contribution is -2.45. The van der Waals surface area contributed by atoms with Crippen LogP contribution < -0.4 is 10.6 Å². The van der Waals surface area contributed by atoms with Gasteiger partial charge in [0.1, 0.15) is 10.8 Å². The summed E-state index contributed by atoms with van der Waals surface area (Å²) in [5.74, 6) is 0.584. The zero-order valence-electron chi connectivity index (χ0n) is 17.8. The summed E-state index contributed by atoms with van der Waals surface area (Å²) in [7, 11) is 0. The normalized spacial score (nSPS) is 19.7. The highest BCUT2D eigenvalue weighted by Gasteiger charge is 2.48. The number of halogens is 1. The maximum absolute atomic E-state index is 14.1. The highest BCUT2D eigenvalue weighted by Crippen LogP contribution is 2.48. The van der Waals surface area contributed by atoms with Gasteiger partial charge in [-0.3, -0.25) is 4.68 Å². The summed E-state index contributed by atoms with van der Waals surface area (Å²) in [6, 6.07) is 5.98. The van der Waals surface area contributed by atoms with Crippen LogP contribution in [0.15, 0.2) is 59.1 Å². The molecule has 164 valence electrons. The van der Waals surface area contributed by atoms with Gasteiger partial charge in [0.25, 0.3) is 0 Å². The van der Waals surface area contributed by atoms with Gasteiger partial charge in [-0.2, -0.15) is 5.10 Å². The Morgan fingerprint density at radius 3 is 2.72 bits per heavy atom. The van der Waals surface area contributed by atoms with Crippen molar-refractivity contribution in [2.45, 2.75) is 42.3 Å². The van der Waals surface area contributed by atoms with Crippen molar-refractivity contribution in [3.63, 3.8) is 0 Å². The molecule has 6 rings (SSSR count). The predicted molar refractivity (Wildman–Crippen MR) is 121 cm³/mol. The van der Waals surface area contributed by atoms with Gasteiger partial charge in [0, 0.05) is 47.9 Å². The van der Waals surface area contributed by atoms with E-state index in [2.05, 4.69) is 61.9 Å². The summed E-state index contributed by atoms with van der Waals surface area (Å²) in [4.78, 5) is 12.8. The number of fused-ring (bicyclic) bond motifs is 2. The van der Waals surface area contributed by atoms with E-state index in [0.717, 1.165) is 36.8 Å². The fourth-order valence-corrected chi connectivity index (χ4v) is 5.96. The molecule has 2 N–H and O–H groups in total. The number of aryl methyl sites for hydroxylation is 1. The molecule has 32 heavy (non-hydrogen) atoms. The second kappa shape index (κ2) is 7.31. The zero-order valence-corrected chi connectivity index (χ0v) is 18.6. The monoisotopic (exact) mass is 449 g/mol. The average Bonchev–Trinajstić information content (AvgIpc) is 3.49. The third kappa shape index (κ3) is 3.02. The van der Waals surface area contributed by atoms with Gasteiger partial charge in [-0.15, -0.1) is 0 Å². The van der Waals surface area contributed by atoms with E-state index in [-0.39, 0.29) is 17.3 Å². The molecule has 4 aromatic heterocycles. The molecule has 0 saturated carbocycles. The Hall–Kier alpha value is -2.91. The number of hydrogen-bond donors (Lipinski definition) is 1. The smallest absolute Gasteiger partial charge is 0.165 e. The van der Waals surface area contributed by atoms with Crippen LogP contribution in [0.25, 0.3) is 5.52 Å². The Labute approximate surface area is 189 Å². The highest BCUT2D eigenvalue weighted by atomic mass is 32.2. The Bertz CT molecular complexity index is 1290. The first-order valence-corrected chi connectivity index (χ1v) is 11.6. The average molecular weight is 450 g/mol. The molecule has 1 spiro atoms. The molecular weight excluding hydrogens is 425 g/mol. The minimum Gasteiger partial charge on any atom is -0.355 e. The van der Waals surface area contributed by atoms with Crippen molar-refractivity contribution in [2.24, 2.45) is 11.1 Å². The Morgan fingerprint density at radius 2 is 1.97 bits per heavy atom. The van der Waals surface area contributed by atoms with Gasteiger partial charge in [-0.05, 0) is 43.5 Å². The van der Waals surface area contributed by atoms with E-state index >= 15 is 0 Å². The highest BCUT2D eigenvalue weighted by molar-refractivity contribution is 7.99. The van der Waals surface area contributed by atoms with Crippen LogP contribution in [0.4, 0.5) is 10.2 Å². The molecule has 1 fully saturated rings. The first-order chi connectivity index (χ1) is 15.5. The van der Waals surface area contributed by atoms with Gasteiger partial charge in [0.2, 0.25) is 0 Å². The standard InChI is InChI=1S/C23H24FN7S/c1-15-17-3-2-7-29(17)8-4-18(15)32-20-13-26-19(12-27-20)30-9-5-23(6-10-30)14-31-21(22(23)25)16(24)11-28-31/h2-4,7-8,11-13,22H,5-6,9-10,14,25H2,1H3/t22-/m1/s1. The number of rotatable bonds is 3. The molecule has 1 atom stereocenters. The van der Waals surface area contributed by atoms with Crippen LogP contribution >= 0.6 is 11.8 Å². The van der Waals surface area contributed by atoms with Gasteiger partial charge in [0.05, 0.1) is 30.3 Å². The summed E-state index contributed by atoms with van der Waals surface area (Å²) < 4.78 is 17.9. The van der Waals surface area contributed by atoms with Crippen molar-refractivity contribution >= 4 is 23.1 Å². The van der Waals surface area contributed by atoms with Crippen LogP contribution in [0, 0.1) is 18.2 Å². The maximum atomic E-state index is 14.1. The molecule has 2 aliphatic rings. The van der Waals surface area contributed by atoms with Gasteiger partial charge < -0.3 is 15.0 Å². The summed E-state index contributed by atoms with van der Waals surface area (Å²) >= 11 is 1.63. The van der Waals surface area contributed by atoms with Crippen molar-refractivity contribution in [3.8, 4) is 0 Å². The second-order valence-electron chi connectivity index (χ2n) is 8.78. The van der Waals surface area contributed by atoms with Crippen LogP contribution in [0.5, 0.6) is 0 Å². The van der Waals surface area contributed by atoms with E-state index in [1.54, 1.807) is 16.4 Å². The minimum absolute atomic E-state index is 0.126. The number of piperidine rings is 1. The third-order valence-corrected chi connectivity index (χ3v) is 8.17. The molecule has 7 nitrogen and oxygen atoms in total. The lowest BCUT2D eigenvalue weighted by atomic mass is 9.73. The molecule has 0 radical (unpaired) electrons. The Morgan fingerprint density at radius 1 is 1.12 bits per heavy atom. The fraction of sp³-hybridized carbons (Fsp3) is 0.348. The summed E-state index contributed by atoms with van der Waals surface area (Å²) in [5, 5.41) is 5.03. The van der Waals surface area contributed by atoms with Gasteiger partial charge in [-0.1, -0.05) is 11.8 Å². The van der Waals surface area contributed by atoms with Crippen molar-refractivity contribution in [1.29, 1.82) is 0 Å². The number of pyridine rings is 1. The SMILES string of the molecule is Cc1c(Sc2cnc(N3CCC4(CC3)Cn3ncc(F)c3[C@H]4N)cn2)ccn2cccc12. The third-order valence-electron chi connectivity index (χ3n) is 7.08. The molecule has 0 aromatic carbocycles. The number of hydrogen-bond acceptors (Lipinski definition) is 6. The quantitative estimate of drug-likeness (QED) is 0.512. The van der Waals surface area contributed by atoms with Crippen molar-refractivity contribution in [2.75, 3.05) is 18.0 Å². The van der Waals surface area contributed by atoms with E-state index in [1.165, 1.54) is 22.2 Å². The molecule has 0 aliphatic carbocycles. The molecule has 0 unspecified atom stereocenters. The summed E-state index contributed by atoms with van der Waals surface area (Å²) in [5.41, 5.74) is 9.33. The zero-order chi connectivity index (χ0) is 21.9. The molecule has 0 bridgehead atoms. The maximum Gasteiger partial charge on any atom is 0.165 e. The Kier molecular flexibility index (Phi) is 4.51. The fourth-order valence-electron chi connectivity index (χ4n) is 5.13. The van der Waals surface area contributed by atoms with Crippen molar-refractivity contribution < 1.29 is 4.39 Å². The molecular formula is C23H24FN7S. The van der Waals surface area contributed by atoms with Gasteiger partial charge in [-0.25, -0.2) is 14.4 Å². The number of nitrogens with two attached hydrogens (primary N) is 1. The van der Waals surface area contributed by atoms with Crippen molar-refractivity contribution in [1.82, 2.24) is 24.1 Å². The van der Waals surface area contributed by atoms with E-state index in [4.69, 9.17) is 5.73 Å². The topological polar surface area (TPSA) is 77.3 Å². The molecule has 6 heterocycles. The van der Waals surface area contributed by atoms with Gasteiger partial charge >= 0.3 is 0 Å². The van der Waals surface area contributed by atoms with E-state index in [9.17, 15) is 4.39 Å². The van der Waals surface area contributed by atoms with Crippen molar-refractivity contribution in [3.05, 3.63) is 66.3 Å². The number of aromatic nitrogens is 5.